The molecule has 0 bridgehead atoms. The minimum absolute atomic E-state index is 0.218. The number of thiazole rings is 1. The van der Waals surface area contributed by atoms with Crippen LogP contribution in [0, 0.1) is 5.92 Å². The Morgan fingerprint density at radius 1 is 1.28 bits per heavy atom. The number of anilines is 1. The van der Waals surface area contributed by atoms with Crippen molar-refractivity contribution in [3.63, 3.8) is 0 Å². The molecule has 0 radical (unpaired) electrons. The number of aromatic amines is 2. The molecule has 0 saturated carbocycles. The van der Waals surface area contributed by atoms with Gasteiger partial charge >= 0.3 is 0 Å². The van der Waals surface area contributed by atoms with Crippen LogP contribution in [0.4, 0.5) is 5.13 Å². The van der Waals surface area contributed by atoms with Crippen molar-refractivity contribution in [2.45, 2.75) is 52.0 Å². The van der Waals surface area contributed by atoms with Gasteiger partial charge in [0, 0.05) is 54.3 Å². The number of unbranched alkanes of at least 4 members (excludes halogenated alkanes) is 1. The summed E-state index contributed by atoms with van der Waals surface area (Å²) in [6.45, 7) is 3.91. The summed E-state index contributed by atoms with van der Waals surface area (Å²) in [4.78, 5) is 24.2. The molecular weight excluding hydrogens is 418 g/mol. The predicted octanol–water partition coefficient (Wildman–Crippen LogP) is 5.53. The fourth-order valence-electron chi connectivity index (χ4n) is 4.67. The molecule has 1 aromatic carbocycles. The van der Waals surface area contributed by atoms with Gasteiger partial charge in [-0.2, -0.15) is 5.10 Å². The molecule has 0 saturated heterocycles. The second-order valence-electron chi connectivity index (χ2n) is 8.75. The van der Waals surface area contributed by atoms with Crippen LogP contribution in [0.5, 0.6) is 0 Å². The van der Waals surface area contributed by atoms with Gasteiger partial charge in [-0.25, -0.2) is 4.98 Å². The summed E-state index contributed by atoms with van der Waals surface area (Å²) < 4.78 is 0. The second-order valence-corrected chi connectivity index (χ2v) is 9.76. The van der Waals surface area contributed by atoms with Gasteiger partial charge in [0.05, 0.1) is 17.3 Å². The van der Waals surface area contributed by atoms with Gasteiger partial charge < -0.3 is 9.88 Å². The topological polar surface area (TPSA) is 77.7 Å². The molecule has 1 aliphatic heterocycles. The van der Waals surface area contributed by atoms with Crippen molar-refractivity contribution in [2.24, 2.45) is 5.92 Å². The summed E-state index contributed by atoms with van der Waals surface area (Å²) in [5.74, 6) is 0.561. The van der Waals surface area contributed by atoms with E-state index in [1.165, 1.54) is 33.5 Å². The molecule has 5 rings (SSSR count). The minimum Gasteiger partial charge on any atom is -0.361 e. The van der Waals surface area contributed by atoms with Gasteiger partial charge in [0.2, 0.25) is 0 Å². The number of hydrogen-bond acceptors (Lipinski definition) is 5. The van der Waals surface area contributed by atoms with Crippen LogP contribution in [0.25, 0.3) is 10.9 Å². The molecule has 0 spiro atoms. The number of ketones is 1. The molecule has 0 aliphatic carbocycles. The van der Waals surface area contributed by atoms with E-state index < -0.39 is 0 Å². The number of para-hydroxylation sites is 1. The molecule has 3 aromatic heterocycles. The lowest BCUT2D eigenvalue weighted by molar-refractivity contribution is 0.0962. The van der Waals surface area contributed by atoms with Crippen molar-refractivity contribution in [1.82, 2.24) is 20.2 Å². The maximum Gasteiger partial charge on any atom is 0.186 e. The van der Waals surface area contributed by atoms with E-state index in [1.54, 1.807) is 6.20 Å². The number of H-pyrrole nitrogens is 2. The minimum atomic E-state index is 0.218. The fraction of sp³-hybridized carbons (Fsp3) is 0.400. The van der Waals surface area contributed by atoms with E-state index in [9.17, 15) is 4.79 Å². The van der Waals surface area contributed by atoms with Crippen molar-refractivity contribution in [3.8, 4) is 0 Å². The normalized spacial score (nSPS) is 14.6. The number of fused-ring (bicyclic) bond motifs is 2. The highest BCUT2D eigenvalue weighted by Gasteiger charge is 2.23. The molecule has 7 heteroatoms. The Morgan fingerprint density at radius 2 is 2.19 bits per heavy atom. The van der Waals surface area contributed by atoms with Crippen LogP contribution in [0.2, 0.25) is 0 Å². The van der Waals surface area contributed by atoms with E-state index in [2.05, 4.69) is 62.5 Å². The Bertz CT molecular complexity index is 1210. The highest BCUT2D eigenvalue weighted by Crippen LogP contribution is 2.30. The van der Waals surface area contributed by atoms with E-state index in [0.717, 1.165) is 60.7 Å². The van der Waals surface area contributed by atoms with E-state index in [4.69, 9.17) is 0 Å². The van der Waals surface area contributed by atoms with Gasteiger partial charge in [0.25, 0.3) is 0 Å². The maximum absolute atomic E-state index is 13.2. The third-order valence-corrected chi connectivity index (χ3v) is 7.56. The molecule has 1 aliphatic rings. The first-order chi connectivity index (χ1) is 15.7. The van der Waals surface area contributed by atoms with Crippen LogP contribution < -0.4 is 4.90 Å². The molecule has 166 valence electrons. The van der Waals surface area contributed by atoms with Gasteiger partial charge in [-0.3, -0.25) is 9.89 Å². The number of Topliss-reactive ketones (excluding diaryl/α,β-unsaturated/α-hetero) is 1. The number of aromatic nitrogens is 4. The summed E-state index contributed by atoms with van der Waals surface area (Å²) in [7, 11) is 0. The number of benzene rings is 1. The quantitative estimate of drug-likeness (QED) is 0.331. The van der Waals surface area contributed by atoms with Crippen molar-refractivity contribution in [1.29, 1.82) is 0 Å². The Kier molecular flexibility index (Phi) is 6.08. The lowest BCUT2D eigenvalue weighted by Gasteiger charge is -2.25. The van der Waals surface area contributed by atoms with Crippen molar-refractivity contribution < 1.29 is 4.79 Å². The third kappa shape index (κ3) is 4.35. The maximum atomic E-state index is 13.2. The van der Waals surface area contributed by atoms with Crippen LogP contribution in [0.15, 0.2) is 42.9 Å². The largest absolute Gasteiger partial charge is 0.361 e. The Labute approximate surface area is 192 Å². The van der Waals surface area contributed by atoms with Crippen LogP contribution in [0.3, 0.4) is 0 Å². The summed E-state index contributed by atoms with van der Waals surface area (Å²) in [5, 5.41) is 9.42. The summed E-state index contributed by atoms with van der Waals surface area (Å²) in [6.07, 6.45) is 11.6. The fourth-order valence-corrected chi connectivity index (χ4v) is 5.56. The SMILES string of the molecule is CCCCC(CC(=O)c1cnc(N2CCc3[nH]ncc3C2)s1)Cc1c[nH]c2ccccc12. The Hall–Kier alpha value is -2.93. The number of hydrogen-bond donors (Lipinski definition) is 2. The number of nitrogens with one attached hydrogen (secondary N) is 2. The monoisotopic (exact) mass is 447 g/mol. The Balaban J connectivity index is 1.27. The van der Waals surface area contributed by atoms with E-state index in [0.29, 0.717) is 12.3 Å². The first kappa shape index (κ1) is 20.9. The highest BCUT2D eigenvalue weighted by atomic mass is 32.1. The number of nitrogens with zero attached hydrogens (tertiary/aromatic N) is 3. The van der Waals surface area contributed by atoms with E-state index in [-0.39, 0.29) is 5.78 Å². The molecule has 1 atom stereocenters. The first-order valence-electron chi connectivity index (χ1n) is 11.5. The third-order valence-electron chi connectivity index (χ3n) is 6.46. The summed E-state index contributed by atoms with van der Waals surface area (Å²) in [5.41, 5.74) is 4.91. The van der Waals surface area contributed by atoms with Crippen molar-refractivity contribution in [3.05, 3.63) is 64.6 Å². The van der Waals surface area contributed by atoms with E-state index >= 15 is 0 Å². The molecule has 2 N–H and O–H groups in total. The second kappa shape index (κ2) is 9.28. The number of rotatable bonds is 9. The van der Waals surface area contributed by atoms with Gasteiger partial charge in [-0.05, 0) is 30.4 Å². The zero-order chi connectivity index (χ0) is 21.9. The highest BCUT2D eigenvalue weighted by molar-refractivity contribution is 7.17. The van der Waals surface area contributed by atoms with Crippen LogP contribution in [0.1, 0.15) is 59.1 Å². The molecule has 1 unspecified atom stereocenters. The van der Waals surface area contributed by atoms with Crippen LogP contribution >= 0.6 is 11.3 Å². The summed E-state index contributed by atoms with van der Waals surface area (Å²) >= 11 is 1.53. The van der Waals surface area contributed by atoms with Crippen LogP contribution in [-0.4, -0.2) is 32.5 Å². The molecule has 0 amide bonds. The zero-order valence-electron chi connectivity index (χ0n) is 18.4. The van der Waals surface area contributed by atoms with E-state index in [1.807, 2.05) is 6.20 Å². The average molecular weight is 448 g/mol. The lowest BCUT2D eigenvalue weighted by Crippen LogP contribution is -2.29. The zero-order valence-corrected chi connectivity index (χ0v) is 19.3. The molecular formula is C25H29N5OS. The van der Waals surface area contributed by atoms with Crippen molar-refractivity contribution >= 4 is 33.2 Å². The van der Waals surface area contributed by atoms with Gasteiger partial charge in [-0.15, -0.1) is 0 Å². The van der Waals surface area contributed by atoms with Crippen molar-refractivity contribution in [2.75, 3.05) is 11.4 Å². The smallest absolute Gasteiger partial charge is 0.186 e. The van der Waals surface area contributed by atoms with Gasteiger partial charge in [-0.1, -0.05) is 49.3 Å². The Morgan fingerprint density at radius 3 is 3.09 bits per heavy atom. The van der Waals surface area contributed by atoms with Gasteiger partial charge in [0.1, 0.15) is 0 Å². The molecule has 32 heavy (non-hydrogen) atoms. The molecule has 4 heterocycles. The predicted molar refractivity (Wildman–Crippen MR) is 129 cm³/mol. The van der Waals surface area contributed by atoms with Crippen LogP contribution in [-0.2, 0) is 19.4 Å². The number of carbonyl (C=O) groups excluding carboxylic acids is 1. The molecule has 6 nitrogen and oxygen atoms in total. The number of carbonyl (C=O) groups is 1. The summed E-state index contributed by atoms with van der Waals surface area (Å²) in [6, 6.07) is 8.41. The molecule has 4 aromatic rings. The molecule has 0 fully saturated rings. The average Bonchev–Trinajstić information content (AvgIpc) is 3.56. The van der Waals surface area contributed by atoms with Gasteiger partial charge in [0.15, 0.2) is 10.9 Å². The lowest BCUT2D eigenvalue weighted by atomic mass is 9.89. The first-order valence-corrected chi connectivity index (χ1v) is 12.3. The standard InChI is InChI=1S/C25H29N5OS/c1-2-3-6-17(11-18-13-26-22-8-5-4-7-20(18)22)12-23(31)24-15-27-25(32-24)30-10-9-21-19(16-30)14-28-29-21/h4-5,7-8,13-15,17,26H,2-3,6,9-12,16H2,1H3,(H,28,29).